The average molecular weight is 420 g/mol. The van der Waals surface area contributed by atoms with Gasteiger partial charge in [-0.25, -0.2) is 36.3 Å². The van der Waals surface area contributed by atoms with E-state index in [1.165, 1.54) is 31.4 Å². The molecule has 0 fully saturated rings. The molecule has 0 amide bonds. The lowest BCUT2D eigenvalue weighted by Gasteiger charge is -2.05. The molecule has 2 aromatic carbocycles. The Labute approximate surface area is 155 Å². The van der Waals surface area contributed by atoms with E-state index >= 15 is 0 Å². The minimum Gasteiger partial charge on any atom is -0.482 e. The molecule has 12 heteroatoms. The first-order chi connectivity index (χ1) is 12.4. The largest absolute Gasteiger partial charge is 0.482 e. The van der Waals surface area contributed by atoms with Crippen LogP contribution in [0.3, 0.4) is 0 Å². The topological polar surface area (TPSA) is 156 Å². The Morgan fingerprint density at radius 1 is 0.889 bits per heavy atom. The molecule has 0 spiro atoms. The molecule has 0 unspecified atom stereocenters. The molecule has 0 atom stereocenters. The summed E-state index contributed by atoms with van der Waals surface area (Å²) in [5.41, 5.74) is 0. The zero-order valence-electron chi connectivity index (χ0n) is 14.0. The highest BCUT2D eigenvalue weighted by Crippen LogP contribution is 2.14. The first-order valence-corrected chi connectivity index (χ1v) is 10.1. The average Bonchev–Trinajstić information content (AvgIpc) is 2.59. The van der Waals surface area contributed by atoms with E-state index in [-0.39, 0.29) is 16.4 Å². The third-order valence-electron chi connectivity index (χ3n) is 2.88. The zero-order chi connectivity index (χ0) is 20.7. The lowest BCUT2D eigenvalue weighted by atomic mass is 10.3. The van der Waals surface area contributed by atoms with E-state index in [2.05, 4.69) is 4.74 Å². The second kappa shape index (κ2) is 9.41. The normalized spacial score (nSPS) is 11.1. The molecule has 0 aromatic heterocycles. The van der Waals surface area contributed by atoms with Crippen LogP contribution in [0.15, 0.2) is 58.3 Å². The fraction of sp³-hybridized carbons (Fsp3) is 0.133. The van der Waals surface area contributed by atoms with Crippen LogP contribution in [0.5, 0.6) is 5.75 Å². The minimum atomic E-state index is -3.70. The number of hydrogen-bond donors (Lipinski definition) is 2. The van der Waals surface area contributed by atoms with Crippen molar-refractivity contribution in [3.8, 4) is 5.75 Å². The molecule has 0 heterocycles. The van der Waals surface area contributed by atoms with Crippen molar-refractivity contribution in [1.82, 2.24) is 0 Å². The van der Waals surface area contributed by atoms with Gasteiger partial charge in [-0.1, -0.05) is 0 Å². The van der Waals surface area contributed by atoms with Gasteiger partial charge in [-0.15, -0.1) is 0 Å². The van der Waals surface area contributed by atoms with E-state index in [4.69, 9.17) is 15.0 Å². The molecule has 0 aliphatic heterocycles. The number of halogens is 1. The van der Waals surface area contributed by atoms with Crippen molar-refractivity contribution in [3.05, 3.63) is 54.3 Å². The van der Waals surface area contributed by atoms with Crippen LogP contribution in [-0.4, -0.2) is 36.5 Å². The monoisotopic (exact) mass is 420 g/mol. The summed E-state index contributed by atoms with van der Waals surface area (Å²) in [5.74, 6) is -0.647. The number of ether oxygens (including phenoxy) is 2. The van der Waals surface area contributed by atoms with Crippen molar-refractivity contribution in [2.45, 2.75) is 9.79 Å². The number of nitrogens with two attached hydrogens (primary N) is 2. The molecule has 0 saturated heterocycles. The van der Waals surface area contributed by atoms with Gasteiger partial charge in [-0.2, -0.15) is 0 Å². The Balaban J connectivity index is 0.000000289. The SMILES string of the molecule is COC(=O)COc1ccc(S(N)(=O)=O)cc1.NS(=O)(=O)c1ccc(F)cc1. The summed E-state index contributed by atoms with van der Waals surface area (Å²) >= 11 is 0. The summed E-state index contributed by atoms with van der Waals surface area (Å²) in [6, 6.07) is 9.71. The molecule has 148 valence electrons. The van der Waals surface area contributed by atoms with Gasteiger partial charge < -0.3 is 9.47 Å². The third kappa shape index (κ3) is 8.13. The molecule has 2 rings (SSSR count). The Hall–Kier alpha value is -2.54. The number of sulfonamides is 2. The summed E-state index contributed by atoms with van der Waals surface area (Å²) in [4.78, 5) is 10.6. The highest BCUT2D eigenvalue weighted by atomic mass is 32.2. The van der Waals surface area contributed by atoms with E-state index in [0.717, 1.165) is 24.3 Å². The second-order valence-electron chi connectivity index (χ2n) is 4.88. The lowest BCUT2D eigenvalue weighted by molar-refractivity contribution is -0.142. The Morgan fingerprint density at radius 2 is 1.30 bits per heavy atom. The molecular weight excluding hydrogens is 403 g/mol. The number of esters is 1. The molecule has 9 nitrogen and oxygen atoms in total. The number of primary sulfonamides is 2. The van der Waals surface area contributed by atoms with Crippen molar-refractivity contribution >= 4 is 26.0 Å². The molecule has 0 saturated carbocycles. The minimum absolute atomic E-state index is 0.0158. The number of hydrogen-bond acceptors (Lipinski definition) is 7. The number of benzene rings is 2. The van der Waals surface area contributed by atoms with Gasteiger partial charge in [0.15, 0.2) is 6.61 Å². The van der Waals surface area contributed by atoms with E-state index in [1.54, 1.807) is 0 Å². The fourth-order valence-electron chi connectivity index (χ4n) is 1.55. The number of methoxy groups -OCH3 is 1. The first kappa shape index (κ1) is 22.5. The smallest absolute Gasteiger partial charge is 0.343 e. The predicted octanol–water partition coefficient (Wildman–Crippen LogP) is 0.359. The Bertz CT molecular complexity index is 974. The van der Waals surface area contributed by atoms with E-state index < -0.39 is 31.8 Å². The maximum atomic E-state index is 12.2. The molecule has 2 aromatic rings. The summed E-state index contributed by atoms with van der Waals surface area (Å²) in [6.45, 7) is -0.231. The van der Waals surface area contributed by atoms with Crippen molar-refractivity contribution in [1.29, 1.82) is 0 Å². The summed E-state index contributed by atoms with van der Waals surface area (Å²) < 4.78 is 64.7. The molecule has 0 radical (unpaired) electrons. The van der Waals surface area contributed by atoms with Crippen LogP contribution in [-0.2, 0) is 29.6 Å². The summed E-state index contributed by atoms with van der Waals surface area (Å²) in [5, 5.41) is 9.66. The van der Waals surface area contributed by atoms with Gasteiger partial charge in [0.25, 0.3) is 0 Å². The molecule has 0 bridgehead atoms. The van der Waals surface area contributed by atoms with Gasteiger partial charge in [0.05, 0.1) is 16.9 Å². The van der Waals surface area contributed by atoms with Crippen LogP contribution in [0.25, 0.3) is 0 Å². The fourth-order valence-corrected chi connectivity index (χ4v) is 2.58. The van der Waals surface area contributed by atoms with Crippen LogP contribution in [0.2, 0.25) is 0 Å². The molecular formula is C15H17FN2O7S2. The second-order valence-corrected chi connectivity index (χ2v) is 8.00. The predicted molar refractivity (Wildman–Crippen MR) is 93.1 cm³/mol. The van der Waals surface area contributed by atoms with Gasteiger partial charge >= 0.3 is 5.97 Å². The van der Waals surface area contributed by atoms with E-state index in [0.29, 0.717) is 5.75 Å². The molecule has 0 aliphatic rings. The number of carbonyl (C=O) groups is 1. The van der Waals surface area contributed by atoms with Crippen molar-refractivity contribution in [2.75, 3.05) is 13.7 Å². The molecule has 27 heavy (non-hydrogen) atoms. The standard InChI is InChI=1S/C9H11NO5S.C6H6FNO2S/c1-14-9(11)6-15-7-2-4-8(5-3-7)16(10,12)13;7-5-1-3-6(4-2-5)11(8,9)10/h2-5H,6H2,1H3,(H2,10,12,13);1-4H,(H2,8,9,10). The Morgan fingerprint density at radius 3 is 1.67 bits per heavy atom. The summed E-state index contributed by atoms with van der Waals surface area (Å²) in [6.07, 6.45) is 0. The van der Waals surface area contributed by atoms with Gasteiger partial charge in [0, 0.05) is 0 Å². The van der Waals surface area contributed by atoms with Crippen LogP contribution >= 0.6 is 0 Å². The van der Waals surface area contributed by atoms with Crippen LogP contribution < -0.4 is 15.0 Å². The summed E-state index contributed by atoms with van der Waals surface area (Å²) in [7, 11) is -6.14. The van der Waals surface area contributed by atoms with Gasteiger partial charge in [-0.05, 0) is 48.5 Å². The Kier molecular flexibility index (Phi) is 7.84. The van der Waals surface area contributed by atoms with Crippen molar-refractivity contribution in [2.24, 2.45) is 10.3 Å². The van der Waals surface area contributed by atoms with E-state index in [9.17, 15) is 26.0 Å². The first-order valence-electron chi connectivity index (χ1n) is 7.04. The zero-order valence-corrected chi connectivity index (χ0v) is 15.7. The van der Waals surface area contributed by atoms with Crippen LogP contribution in [0, 0.1) is 5.82 Å². The highest BCUT2D eigenvalue weighted by Gasteiger charge is 2.08. The van der Waals surface area contributed by atoms with Gasteiger partial charge in [0.1, 0.15) is 11.6 Å². The van der Waals surface area contributed by atoms with Crippen molar-refractivity contribution < 1.29 is 35.5 Å². The maximum Gasteiger partial charge on any atom is 0.343 e. The third-order valence-corrected chi connectivity index (χ3v) is 4.74. The quantitative estimate of drug-likeness (QED) is 0.661. The number of carbonyl (C=O) groups excluding carboxylic acids is 1. The van der Waals surface area contributed by atoms with Crippen molar-refractivity contribution in [3.63, 3.8) is 0 Å². The van der Waals surface area contributed by atoms with Crippen LogP contribution in [0.4, 0.5) is 4.39 Å². The molecule has 0 aliphatic carbocycles. The van der Waals surface area contributed by atoms with Gasteiger partial charge in [-0.3, -0.25) is 0 Å². The number of rotatable bonds is 5. The highest BCUT2D eigenvalue weighted by molar-refractivity contribution is 7.89. The molecule has 4 N–H and O–H groups in total. The maximum absolute atomic E-state index is 12.2. The van der Waals surface area contributed by atoms with Crippen LogP contribution in [0.1, 0.15) is 0 Å². The lowest BCUT2D eigenvalue weighted by Crippen LogP contribution is -2.13. The van der Waals surface area contributed by atoms with E-state index in [1.807, 2.05) is 0 Å². The van der Waals surface area contributed by atoms with Gasteiger partial charge in [0.2, 0.25) is 20.0 Å².